The summed E-state index contributed by atoms with van der Waals surface area (Å²) in [5.41, 5.74) is 1.86. The normalized spacial score (nSPS) is 13.4. The molecule has 2 heterocycles. The second-order valence-corrected chi connectivity index (χ2v) is 11.6. The van der Waals surface area contributed by atoms with Gasteiger partial charge < -0.3 is 34.1 Å². The number of hydrogen-bond acceptors (Lipinski definition) is 9. The predicted octanol–water partition coefficient (Wildman–Crippen LogP) is 4.36. The first kappa shape index (κ1) is 35.2. The maximum absolute atomic E-state index is 12.6. The first-order valence-electron chi connectivity index (χ1n) is 13.8. The molecule has 0 unspecified atom stereocenters. The molecule has 1 aromatic heterocycles. The molecule has 13 heteroatoms. The predicted molar refractivity (Wildman–Crippen MR) is 166 cm³/mol. The molecule has 2 aromatic carbocycles. The minimum absolute atomic E-state index is 0. The summed E-state index contributed by atoms with van der Waals surface area (Å²) in [4.78, 5) is 49.5. The number of thiophene rings is 1. The average Bonchev–Trinajstić information content (AvgIpc) is 3.59. The van der Waals surface area contributed by atoms with Crippen LogP contribution >= 0.6 is 11.3 Å². The van der Waals surface area contributed by atoms with Gasteiger partial charge in [0, 0.05) is 43.1 Å². The van der Waals surface area contributed by atoms with Crippen molar-refractivity contribution in [1.29, 1.82) is 0 Å². The van der Waals surface area contributed by atoms with E-state index in [1.54, 1.807) is 30.2 Å². The molecule has 3 aromatic rings. The number of Topliss-reactive ketones (excluding diaryl/α,β-unsaturated/α-hetero) is 1. The van der Waals surface area contributed by atoms with Crippen LogP contribution in [0.15, 0.2) is 30.3 Å². The van der Waals surface area contributed by atoms with Crippen molar-refractivity contribution in [3.8, 4) is 23.0 Å². The zero-order valence-corrected chi connectivity index (χ0v) is 25.3. The summed E-state index contributed by atoms with van der Waals surface area (Å²) in [6, 6.07) is 9.05. The van der Waals surface area contributed by atoms with Crippen LogP contribution in [0.2, 0.25) is 0 Å². The van der Waals surface area contributed by atoms with E-state index in [0.29, 0.717) is 60.6 Å². The third-order valence-corrected chi connectivity index (χ3v) is 8.40. The Balaban J connectivity index is 0.00000529. The number of ketones is 1. The van der Waals surface area contributed by atoms with Gasteiger partial charge in [-0.3, -0.25) is 19.2 Å². The zero-order valence-electron chi connectivity index (χ0n) is 24.5. The Morgan fingerprint density at radius 2 is 1.32 bits per heavy atom. The zero-order chi connectivity index (χ0) is 31.3. The molecule has 232 valence electrons. The van der Waals surface area contributed by atoms with Crippen LogP contribution in [0, 0.1) is 11.8 Å². The summed E-state index contributed by atoms with van der Waals surface area (Å²) >= 11 is 1.29. The molecule has 0 aliphatic carbocycles. The summed E-state index contributed by atoms with van der Waals surface area (Å²) in [6.07, 6.45) is 0.416. The molecular weight excluding hydrogens is 601 g/mol. The van der Waals surface area contributed by atoms with Crippen molar-refractivity contribution < 1.29 is 48.3 Å². The molecular formula is C31H36NNaO10S. The Bertz CT molecular complexity index is 1540. The van der Waals surface area contributed by atoms with E-state index in [4.69, 9.17) is 29.2 Å². The Labute approximate surface area is 281 Å². The summed E-state index contributed by atoms with van der Waals surface area (Å²) < 4.78 is 23.8. The van der Waals surface area contributed by atoms with Gasteiger partial charge in [-0.15, -0.1) is 11.3 Å². The van der Waals surface area contributed by atoms with Gasteiger partial charge in [-0.25, -0.2) is 0 Å². The van der Waals surface area contributed by atoms with Gasteiger partial charge in [0.1, 0.15) is 0 Å². The van der Waals surface area contributed by atoms with Gasteiger partial charge >= 0.3 is 41.5 Å². The molecule has 0 saturated heterocycles. The van der Waals surface area contributed by atoms with E-state index in [2.05, 4.69) is 0 Å². The van der Waals surface area contributed by atoms with Crippen LogP contribution in [0.3, 0.4) is 0 Å². The number of ether oxygens (including phenoxy) is 4. The van der Waals surface area contributed by atoms with Gasteiger partial charge in [-0.05, 0) is 40.8 Å². The number of carboxylic acid groups (broad SMARTS) is 2. The molecule has 0 fully saturated rings. The van der Waals surface area contributed by atoms with Crippen LogP contribution in [0.4, 0.5) is 0 Å². The van der Waals surface area contributed by atoms with Crippen LogP contribution in [-0.4, -0.2) is 95.7 Å². The summed E-state index contributed by atoms with van der Waals surface area (Å²) in [5, 5.41) is 19.0. The number of hydrogen-bond donors (Lipinski definition) is 2. The van der Waals surface area contributed by atoms with Crippen molar-refractivity contribution >= 4 is 74.6 Å². The molecule has 2 atom stereocenters. The second-order valence-electron chi connectivity index (χ2n) is 10.5. The van der Waals surface area contributed by atoms with Crippen molar-refractivity contribution in [2.24, 2.45) is 11.8 Å². The van der Waals surface area contributed by atoms with E-state index in [1.165, 1.54) is 32.3 Å². The van der Waals surface area contributed by atoms with E-state index < -0.39 is 23.8 Å². The van der Waals surface area contributed by atoms with E-state index >= 15 is 0 Å². The van der Waals surface area contributed by atoms with Gasteiger partial charge in [0.15, 0.2) is 28.8 Å². The maximum atomic E-state index is 12.6. The summed E-state index contributed by atoms with van der Waals surface area (Å²) in [7, 11) is 3.08. The van der Waals surface area contributed by atoms with E-state index in [0.717, 1.165) is 21.2 Å². The number of methoxy groups -OCH3 is 2. The number of rotatable bonds is 15. The van der Waals surface area contributed by atoms with Crippen LogP contribution < -0.4 is 18.9 Å². The molecule has 44 heavy (non-hydrogen) atoms. The number of nitrogens with zero attached hydrogens (tertiary/aromatic N) is 1. The fourth-order valence-electron chi connectivity index (χ4n) is 4.68. The number of carbonyl (C=O) groups excluding carboxylic acids is 2. The quantitative estimate of drug-likeness (QED) is 0.140. The third-order valence-electron chi connectivity index (χ3n) is 7.26. The van der Waals surface area contributed by atoms with Crippen molar-refractivity contribution in [2.75, 3.05) is 27.4 Å². The Morgan fingerprint density at radius 1 is 0.795 bits per heavy atom. The van der Waals surface area contributed by atoms with Gasteiger partial charge in [0.25, 0.3) is 0 Å². The SMILES string of the molecule is COc1cc2c(cc1OCCCOc1cc3cc(C(=O)C[C@H](C)C(=O)O)sc3cc1OC)CN(C(=O)C[C@H](C)C(=O)O)C2.[NaH]. The summed E-state index contributed by atoms with van der Waals surface area (Å²) in [5.74, 6) is -1.83. The fourth-order valence-corrected chi connectivity index (χ4v) is 5.70. The average molecular weight is 638 g/mol. The standard InChI is InChI=1S/C31H35NO10S.Na.H/c1-17(30(35)36)8-22(33)28-13-19-10-25(24(40-4)14-27(19)43-28)41-6-5-7-42-26-12-21-16-32(15-20(21)11-23(26)39-3)29(34)9-18(2)31(37)38;;/h10-14,17-18H,5-9,15-16H2,1-4H3,(H,35,36)(H,37,38);;/t17-,18-;;/m0../s1. The third kappa shape index (κ3) is 8.44. The van der Waals surface area contributed by atoms with Crippen LogP contribution in [0.1, 0.15) is 53.9 Å². The van der Waals surface area contributed by atoms with Crippen LogP contribution in [0.5, 0.6) is 23.0 Å². The minimum atomic E-state index is -1.01. The Kier molecular flexibility index (Phi) is 12.5. The second kappa shape index (κ2) is 15.6. The summed E-state index contributed by atoms with van der Waals surface area (Å²) in [6.45, 7) is 4.45. The molecule has 2 N–H and O–H groups in total. The monoisotopic (exact) mass is 637 g/mol. The molecule has 0 spiro atoms. The molecule has 11 nitrogen and oxygen atoms in total. The van der Waals surface area contributed by atoms with Crippen molar-refractivity contribution in [3.63, 3.8) is 0 Å². The Hall–Kier alpha value is -3.32. The van der Waals surface area contributed by atoms with Gasteiger partial charge in [0.05, 0.1) is 44.1 Å². The van der Waals surface area contributed by atoms with Gasteiger partial charge in [0.2, 0.25) is 5.91 Å². The molecule has 0 radical (unpaired) electrons. The molecule has 1 aliphatic rings. The topological polar surface area (TPSA) is 149 Å². The van der Waals surface area contributed by atoms with Crippen LogP contribution in [-0.2, 0) is 27.5 Å². The van der Waals surface area contributed by atoms with Crippen LogP contribution in [0.25, 0.3) is 10.1 Å². The molecule has 4 rings (SSSR count). The number of amides is 1. The van der Waals surface area contributed by atoms with Gasteiger partial charge in [-0.2, -0.15) is 0 Å². The van der Waals surface area contributed by atoms with E-state index in [1.807, 2.05) is 12.1 Å². The van der Waals surface area contributed by atoms with E-state index in [9.17, 15) is 19.2 Å². The molecule has 0 saturated carbocycles. The number of benzene rings is 2. The fraction of sp³-hybridized carbons (Fsp3) is 0.419. The Morgan fingerprint density at radius 3 is 1.89 bits per heavy atom. The molecule has 0 bridgehead atoms. The van der Waals surface area contributed by atoms with Crippen molar-refractivity contribution in [1.82, 2.24) is 4.90 Å². The van der Waals surface area contributed by atoms with E-state index in [-0.39, 0.29) is 54.1 Å². The number of fused-ring (bicyclic) bond motifs is 2. The number of carbonyl (C=O) groups is 4. The molecule has 1 aliphatic heterocycles. The first-order valence-corrected chi connectivity index (χ1v) is 14.7. The van der Waals surface area contributed by atoms with Crippen molar-refractivity contribution in [3.05, 3.63) is 46.3 Å². The molecule has 1 amide bonds. The van der Waals surface area contributed by atoms with Crippen molar-refractivity contribution in [2.45, 2.75) is 46.2 Å². The number of carboxylic acids is 2. The number of aliphatic carboxylic acids is 2. The van der Waals surface area contributed by atoms with Gasteiger partial charge in [-0.1, -0.05) is 13.8 Å². The first-order chi connectivity index (χ1) is 20.5.